The summed E-state index contributed by atoms with van der Waals surface area (Å²) in [6.45, 7) is 4.29. The summed E-state index contributed by atoms with van der Waals surface area (Å²) < 4.78 is 34.2. The van der Waals surface area contributed by atoms with Gasteiger partial charge in [0.25, 0.3) is 0 Å². The normalized spacial score (nSPS) is 14.2. The van der Waals surface area contributed by atoms with Crippen molar-refractivity contribution in [3.63, 3.8) is 0 Å². The number of unbranched alkanes of at least 4 members (excludes halogenated alkanes) is 14. The third-order valence-electron chi connectivity index (χ3n) is 8.81. The zero-order valence-corrected chi connectivity index (χ0v) is 36.5. The highest BCUT2D eigenvalue weighted by atomic mass is 31.2. The number of hydrogen-bond acceptors (Lipinski definition) is 7. The van der Waals surface area contributed by atoms with Crippen molar-refractivity contribution in [1.29, 1.82) is 0 Å². The Labute approximate surface area is 336 Å². The molecule has 0 aliphatic carbocycles. The van der Waals surface area contributed by atoms with Crippen molar-refractivity contribution < 1.29 is 42.1 Å². The van der Waals surface area contributed by atoms with E-state index in [1.165, 1.54) is 83.5 Å². The maximum absolute atomic E-state index is 12.6. The molecule has 0 spiro atoms. The lowest BCUT2D eigenvalue weighted by Crippen LogP contribution is -2.37. The molecule has 0 heterocycles. The summed E-state index contributed by atoms with van der Waals surface area (Å²) in [5.74, 6) is -0.897. The molecule has 0 aliphatic heterocycles. The maximum atomic E-state index is 12.6. The number of likely N-dealkylation sites (N-methyl/N-ethyl adjacent to an activating group) is 1. The Morgan fingerprint density at radius 2 is 1.02 bits per heavy atom. The Hall–Kier alpha value is -2.29. The standard InChI is InChI=1S/C45H80NO8P/c1-6-8-10-12-14-16-18-20-21-22-23-24-25-26-28-30-32-34-36-38-45(48)54-43(42-53-55(49,50)52-40-39-46(3,4)5)41-51-44(47)37-35-33-31-29-27-19-17-15-13-11-9-7-2/h14,16,20-21,23-24,26,28,32,34,43H,6-13,15,17-19,22,25,27,29-31,33,35-42H2,1-5H3/p+1/b16-14+,21-20+,24-23+,28-26+,34-32+/t43-/m1/s1. The van der Waals surface area contributed by atoms with Gasteiger partial charge in [-0.1, -0.05) is 158 Å². The molecule has 9 nitrogen and oxygen atoms in total. The molecule has 0 aromatic carbocycles. The fourth-order valence-electron chi connectivity index (χ4n) is 5.41. The molecule has 1 N–H and O–H groups in total. The number of allylic oxidation sites excluding steroid dienone is 10. The van der Waals surface area contributed by atoms with Crippen molar-refractivity contribution in [2.75, 3.05) is 47.5 Å². The molecule has 0 aromatic rings. The van der Waals surface area contributed by atoms with Crippen LogP contribution < -0.4 is 0 Å². The summed E-state index contributed by atoms with van der Waals surface area (Å²) in [5.41, 5.74) is 0. The van der Waals surface area contributed by atoms with Gasteiger partial charge in [0.15, 0.2) is 6.10 Å². The van der Waals surface area contributed by atoms with Crippen molar-refractivity contribution >= 4 is 19.8 Å². The number of nitrogens with zero attached hydrogens (tertiary/aromatic N) is 1. The van der Waals surface area contributed by atoms with E-state index in [2.05, 4.69) is 62.5 Å². The fourth-order valence-corrected chi connectivity index (χ4v) is 6.15. The minimum atomic E-state index is -4.39. The topological polar surface area (TPSA) is 108 Å². The van der Waals surface area contributed by atoms with Gasteiger partial charge >= 0.3 is 19.8 Å². The minimum absolute atomic E-state index is 0.0170. The van der Waals surface area contributed by atoms with E-state index in [1.54, 1.807) is 0 Å². The quantitative estimate of drug-likeness (QED) is 0.0216. The highest BCUT2D eigenvalue weighted by Gasteiger charge is 2.27. The molecule has 0 aromatic heterocycles. The van der Waals surface area contributed by atoms with Crippen LogP contribution in [0.5, 0.6) is 0 Å². The summed E-state index contributed by atoms with van der Waals surface area (Å²) in [5, 5.41) is 0. The number of carbonyl (C=O) groups excluding carboxylic acids is 2. The molecule has 0 rings (SSSR count). The Kier molecular flexibility index (Phi) is 35.7. The van der Waals surface area contributed by atoms with Gasteiger partial charge in [0.1, 0.15) is 19.8 Å². The molecule has 0 bridgehead atoms. The first-order chi connectivity index (χ1) is 26.5. The van der Waals surface area contributed by atoms with Gasteiger partial charge in [-0.25, -0.2) is 4.57 Å². The summed E-state index contributed by atoms with van der Waals surface area (Å²) in [6.07, 6.45) is 44.2. The second-order valence-corrected chi connectivity index (χ2v) is 16.8. The Morgan fingerprint density at radius 3 is 1.53 bits per heavy atom. The van der Waals surface area contributed by atoms with Crippen molar-refractivity contribution in [3.8, 4) is 0 Å². The second kappa shape index (κ2) is 37.3. The summed E-state index contributed by atoms with van der Waals surface area (Å²) in [7, 11) is 1.43. The summed E-state index contributed by atoms with van der Waals surface area (Å²) in [4.78, 5) is 35.3. The first-order valence-electron chi connectivity index (χ1n) is 21.5. The summed E-state index contributed by atoms with van der Waals surface area (Å²) in [6, 6.07) is 0. The number of rotatable bonds is 38. The van der Waals surface area contributed by atoms with Gasteiger partial charge in [0.2, 0.25) is 0 Å². The lowest BCUT2D eigenvalue weighted by atomic mass is 10.0. The molecular formula is C45H81NO8P+. The van der Waals surface area contributed by atoms with E-state index in [0.717, 1.165) is 44.9 Å². The SMILES string of the molecule is CCCCC/C=C/C/C=C/C/C=C/C/C=C/C/C=C/CCC(=O)O[C@H](COC(=O)CCCCCCCCCCCCCC)COP(=O)(O)OCC[N+](C)(C)C. The van der Waals surface area contributed by atoms with Gasteiger partial charge in [-0.05, 0) is 51.4 Å². The van der Waals surface area contributed by atoms with E-state index in [4.69, 9.17) is 18.5 Å². The highest BCUT2D eigenvalue weighted by Crippen LogP contribution is 2.43. The highest BCUT2D eigenvalue weighted by molar-refractivity contribution is 7.47. The fraction of sp³-hybridized carbons (Fsp3) is 0.733. The lowest BCUT2D eigenvalue weighted by Gasteiger charge is -2.24. The number of phosphoric ester groups is 1. The molecule has 0 saturated heterocycles. The van der Waals surface area contributed by atoms with E-state index in [1.807, 2.05) is 33.3 Å². The van der Waals surface area contributed by atoms with Crippen LogP contribution in [0.1, 0.15) is 162 Å². The number of carbonyl (C=O) groups is 2. The van der Waals surface area contributed by atoms with Crippen LogP contribution in [0.15, 0.2) is 60.8 Å². The molecule has 0 fully saturated rings. The molecule has 2 atom stereocenters. The Bertz CT molecular complexity index is 1120. The zero-order valence-electron chi connectivity index (χ0n) is 35.6. The van der Waals surface area contributed by atoms with E-state index < -0.39 is 26.5 Å². The maximum Gasteiger partial charge on any atom is 0.472 e. The molecule has 0 radical (unpaired) electrons. The predicted octanol–water partition coefficient (Wildman–Crippen LogP) is 12.1. The third-order valence-corrected chi connectivity index (χ3v) is 9.80. The van der Waals surface area contributed by atoms with Crippen LogP contribution >= 0.6 is 7.82 Å². The first-order valence-corrected chi connectivity index (χ1v) is 23.0. The molecule has 1 unspecified atom stereocenters. The van der Waals surface area contributed by atoms with Crippen LogP contribution in [0.25, 0.3) is 0 Å². The van der Waals surface area contributed by atoms with Gasteiger partial charge in [-0.3, -0.25) is 18.6 Å². The summed E-state index contributed by atoms with van der Waals surface area (Å²) >= 11 is 0. The number of quaternary nitrogens is 1. The number of hydrogen-bond donors (Lipinski definition) is 1. The van der Waals surface area contributed by atoms with Crippen LogP contribution in [0.4, 0.5) is 0 Å². The van der Waals surface area contributed by atoms with E-state index in [-0.39, 0.29) is 32.0 Å². The number of esters is 2. The average Bonchev–Trinajstić information content (AvgIpc) is 3.13. The molecule has 0 amide bonds. The van der Waals surface area contributed by atoms with E-state index in [0.29, 0.717) is 17.4 Å². The molecule has 10 heteroatoms. The monoisotopic (exact) mass is 795 g/mol. The first kappa shape index (κ1) is 52.7. The zero-order chi connectivity index (χ0) is 40.7. The smallest absolute Gasteiger partial charge is 0.462 e. The van der Waals surface area contributed by atoms with Crippen molar-refractivity contribution in [2.45, 2.75) is 168 Å². The van der Waals surface area contributed by atoms with Gasteiger partial charge in [-0.2, -0.15) is 0 Å². The largest absolute Gasteiger partial charge is 0.472 e. The van der Waals surface area contributed by atoms with Crippen LogP contribution in [0, 0.1) is 0 Å². The van der Waals surface area contributed by atoms with Gasteiger partial charge in [0, 0.05) is 12.8 Å². The molecule has 55 heavy (non-hydrogen) atoms. The predicted molar refractivity (Wildman–Crippen MR) is 229 cm³/mol. The molecule has 318 valence electrons. The van der Waals surface area contributed by atoms with Crippen LogP contribution in [-0.2, 0) is 32.7 Å². The van der Waals surface area contributed by atoms with Crippen LogP contribution in [-0.4, -0.2) is 74.9 Å². The van der Waals surface area contributed by atoms with Crippen LogP contribution in [0.2, 0.25) is 0 Å². The molecule has 0 saturated carbocycles. The second-order valence-electron chi connectivity index (χ2n) is 15.4. The van der Waals surface area contributed by atoms with Crippen molar-refractivity contribution in [1.82, 2.24) is 0 Å². The molecular weight excluding hydrogens is 713 g/mol. The molecule has 0 aliphatic rings. The van der Waals surface area contributed by atoms with Gasteiger partial charge in [-0.15, -0.1) is 0 Å². The van der Waals surface area contributed by atoms with E-state index >= 15 is 0 Å². The van der Waals surface area contributed by atoms with Crippen molar-refractivity contribution in [2.24, 2.45) is 0 Å². The van der Waals surface area contributed by atoms with Gasteiger partial charge in [0.05, 0.1) is 27.7 Å². The Balaban J connectivity index is 4.51. The third kappa shape index (κ3) is 41.2. The van der Waals surface area contributed by atoms with Gasteiger partial charge < -0.3 is 18.9 Å². The average molecular weight is 795 g/mol. The minimum Gasteiger partial charge on any atom is -0.462 e. The number of ether oxygens (including phenoxy) is 2. The van der Waals surface area contributed by atoms with Crippen molar-refractivity contribution in [3.05, 3.63) is 60.8 Å². The Morgan fingerprint density at radius 1 is 0.564 bits per heavy atom. The van der Waals surface area contributed by atoms with Crippen LogP contribution in [0.3, 0.4) is 0 Å². The lowest BCUT2D eigenvalue weighted by molar-refractivity contribution is -0.870. The number of phosphoric acid groups is 1. The van der Waals surface area contributed by atoms with E-state index in [9.17, 15) is 19.0 Å².